The van der Waals surface area contributed by atoms with Gasteiger partial charge in [0.1, 0.15) is 11.1 Å². The van der Waals surface area contributed by atoms with Gasteiger partial charge in [0.2, 0.25) is 0 Å². The SMILES string of the molecule is COc1ccc(-c2cn(-c3ccccc3)nc2C(=O)OCC(=O)Nc2sccc2C#N)cc1OC. The van der Waals surface area contributed by atoms with E-state index in [4.69, 9.17) is 19.5 Å². The average Bonchev–Trinajstić information content (AvgIpc) is 3.54. The predicted molar refractivity (Wildman–Crippen MR) is 130 cm³/mol. The minimum Gasteiger partial charge on any atom is -0.493 e. The first-order chi connectivity index (χ1) is 17.0. The highest BCUT2D eigenvalue weighted by atomic mass is 32.1. The number of hydrogen-bond donors (Lipinski definition) is 1. The van der Waals surface area contributed by atoms with Gasteiger partial charge < -0.3 is 19.5 Å². The number of hydrogen-bond acceptors (Lipinski definition) is 8. The number of nitrogens with one attached hydrogen (secondary N) is 1. The third-order valence-corrected chi connectivity index (χ3v) is 5.83. The molecule has 0 radical (unpaired) electrons. The first-order valence-corrected chi connectivity index (χ1v) is 11.2. The van der Waals surface area contributed by atoms with E-state index in [1.165, 1.54) is 25.6 Å². The maximum absolute atomic E-state index is 13.0. The minimum absolute atomic E-state index is 0.0303. The molecule has 0 fully saturated rings. The fourth-order valence-corrected chi connectivity index (χ4v) is 4.06. The van der Waals surface area contributed by atoms with Crippen LogP contribution in [-0.4, -0.2) is 42.5 Å². The van der Waals surface area contributed by atoms with Gasteiger partial charge in [-0.3, -0.25) is 4.79 Å². The highest BCUT2D eigenvalue weighted by molar-refractivity contribution is 7.14. The van der Waals surface area contributed by atoms with E-state index < -0.39 is 18.5 Å². The molecule has 0 atom stereocenters. The van der Waals surface area contributed by atoms with Crippen LogP contribution in [0.2, 0.25) is 0 Å². The van der Waals surface area contributed by atoms with Crippen molar-refractivity contribution in [3.63, 3.8) is 0 Å². The highest BCUT2D eigenvalue weighted by Gasteiger charge is 2.22. The molecule has 2 aromatic carbocycles. The summed E-state index contributed by atoms with van der Waals surface area (Å²) in [6.45, 7) is -0.537. The molecule has 0 aliphatic carbocycles. The number of amides is 1. The van der Waals surface area contributed by atoms with Crippen LogP contribution in [-0.2, 0) is 9.53 Å². The highest BCUT2D eigenvalue weighted by Crippen LogP contribution is 2.34. The summed E-state index contributed by atoms with van der Waals surface area (Å²) in [5, 5.41) is 18.2. The fraction of sp³-hybridized carbons (Fsp3) is 0.120. The number of nitrogens with zero attached hydrogens (tertiary/aromatic N) is 3. The molecule has 0 unspecified atom stereocenters. The van der Waals surface area contributed by atoms with Gasteiger partial charge >= 0.3 is 5.97 Å². The van der Waals surface area contributed by atoms with Gasteiger partial charge in [-0.15, -0.1) is 11.3 Å². The van der Waals surface area contributed by atoms with Gasteiger partial charge in [-0.1, -0.05) is 24.3 Å². The first-order valence-electron chi connectivity index (χ1n) is 10.4. The summed E-state index contributed by atoms with van der Waals surface area (Å²) in [7, 11) is 3.06. The number of thiophene rings is 1. The van der Waals surface area contributed by atoms with Crippen molar-refractivity contribution in [3.05, 3.63) is 77.4 Å². The molecule has 2 aromatic heterocycles. The largest absolute Gasteiger partial charge is 0.493 e. The molecule has 1 N–H and O–H groups in total. The van der Waals surface area contributed by atoms with Crippen molar-refractivity contribution < 1.29 is 23.8 Å². The minimum atomic E-state index is -0.772. The zero-order chi connectivity index (χ0) is 24.8. The molecule has 0 aliphatic heterocycles. The second-order valence-corrected chi connectivity index (χ2v) is 8.06. The predicted octanol–water partition coefficient (Wildman–Crippen LogP) is 4.29. The van der Waals surface area contributed by atoms with Crippen LogP contribution in [0.4, 0.5) is 5.00 Å². The molecule has 0 aliphatic rings. The van der Waals surface area contributed by atoms with Gasteiger partial charge in [-0.05, 0) is 41.3 Å². The normalized spacial score (nSPS) is 10.3. The molecule has 0 saturated carbocycles. The fourth-order valence-electron chi connectivity index (χ4n) is 3.31. The van der Waals surface area contributed by atoms with Crippen molar-refractivity contribution in [3.8, 4) is 34.4 Å². The quantitative estimate of drug-likeness (QED) is 0.368. The molecule has 1 amide bonds. The van der Waals surface area contributed by atoms with Crippen molar-refractivity contribution in [2.45, 2.75) is 0 Å². The van der Waals surface area contributed by atoms with E-state index in [1.807, 2.05) is 36.4 Å². The van der Waals surface area contributed by atoms with E-state index in [0.29, 0.717) is 33.2 Å². The van der Waals surface area contributed by atoms with Crippen molar-refractivity contribution in [1.29, 1.82) is 5.26 Å². The third-order valence-electron chi connectivity index (χ3n) is 5.00. The average molecular weight is 489 g/mol. The summed E-state index contributed by atoms with van der Waals surface area (Å²) in [4.78, 5) is 25.3. The van der Waals surface area contributed by atoms with Gasteiger partial charge in [-0.25, -0.2) is 9.48 Å². The number of benzene rings is 2. The molecule has 0 saturated heterocycles. The Hall–Kier alpha value is -4.62. The molecule has 35 heavy (non-hydrogen) atoms. The molecule has 9 nitrogen and oxygen atoms in total. The number of nitriles is 1. The monoisotopic (exact) mass is 488 g/mol. The van der Waals surface area contributed by atoms with E-state index in [0.717, 1.165) is 5.69 Å². The lowest BCUT2D eigenvalue weighted by atomic mass is 10.1. The molecule has 10 heteroatoms. The zero-order valence-corrected chi connectivity index (χ0v) is 19.7. The summed E-state index contributed by atoms with van der Waals surface area (Å²) in [5.74, 6) is -0.308. The Bertz CT molecular complexity index is 1400. The second kappa shape index (κ2) is 10.5. The van der Waals surface area contributed by atoms with Crippen LogP contribution in [0.5, 0.6) is 11.5 Å². The van der Waals surface area contributed by atoms with Crippen LogP contribution >= 0.6 is 11.3 Å². The number of para-hydroxylation sites is 1. The number of rotatable bonds is 8. The lowest BCUT2D eigenvalue weighted by Gasteiger charge is -2.09. The van der Waals surface area contributed by atoms with Crippen LogP contribution in [0.15, 0.2) is 66.2 Å². The van der Waals surface area contributed by atoms with Gasteiger partial charge in [-0.2, -0.15) is 10.4 Å². The molecule has 0 bridgehead atoms. The molecule has 176 valence electrons. The molecule has 2 heterocycles. The van der Waals surface area contributed by atoms with Gasteiger partial charge in [0.25, 0.3) is 5.91 Å². The summed E-state index contributed by atoms with van der Waals surface area (Å²) in [6, 6.07) is 18.1. The van der Waals surface area contributed by atoms with Crippen LogP contribution in [0, 0.1) is 11.3 Å². The molecular weight excluding hydrogens is 468 g/mol. The third kappa shape index (κ3) is 5.15. The molecule has 4 aromatic rings. The Balaban J connectivity index is 1.61. The maximum atomic E-state index is 13.0. The smallest absolute Gasteiger partial charge is 0.360 e. The van der Waals surface area contributed by atoms with Crippen molar-refractivity contribution in [2.75, 3.05) is 26.1 Å². The molecular formula is C25H20N4O5S. The van der Waals surface area contributed by atoms with E-state index in [1.54, 1.807) is 40.5 Å². The number of carbonyl (C=O) groups is 2. The topological polar surface area (TPSA) is 115 Å². The number of ether oxygens (including phenoxy) is 3. The lowest BCUT2D eigenvalue weighted by Crippen LogP contribution is -2.21. The Morgan fingerprint density at radius 1 is 1.09 bits per heavy atom. The van der Waals surface area contributed by atoms with Crippen molar-refractivity contribution >= 4 is 28.2 Å². The van der Waals surface area contributed by atoms with Crippen LogP contribution in [0.1, 0.15) is 16.1 Å². The first kappa shape index (κ1) is 23.5. The molecule has 0 spiro atoms. The summed E-state index contributed by atoms with van der Waals surface area (Å²) < 4.78 is 17.5. The van der Waals surface area contributed by atoms with Gasteiger partial charge in [0, 0.05) is 11.8 Å². The number of carbonyl (C=O) groups excluding carboxylic acids is 2. The summed E-state index contributed by atoms with van der Waals surface area (Å²) >= 11 is 1.21. The Morgan fingerprint density at radius 2 is 1.86 bits per heavy atom. The second-order valence-electron chi connectivity index (χ2n) is 7.14. The summed E-state index contributed by atoms with van der Waals surface area (Å²) in [5.41, 5.74) is 2.26. The molecule has 4 rings (SSSR count). The van der Waals surface area contributed by atoms with Crippen LogP contribution in [0.3, 0.4) is 0 Å². The van der Waals surface area contributed by atoms with E-state index in [9.17, 15) is 9.59 Å². The zero-order valence-electron chi connectivity index (χ0n) is 18.8. The number of methoxy groups -OCH3 is 2. The standard InChI is InChI=1S/C25H20N4O5S/c1-32-20-9-8-16(12-21(20)33-2)19-14-29(18-6-4-3-5-7-18)28-23(19)25(31)34-15-22(30)27-24-17(13-26)10-11-35-24/h3-12,14H,15H2,1-2H3,(H,27,30). The van der Waals surface area contributed by atoms with E-state index >= 15 is 0 Å². The Kier molecular flexibility index (Phi) is 7.09. The van der Waals surface area contributed by atoms with Crippen LogP contribution in [0.25, 0.3) is 16.8 Å². The Labute approximate surface area is 205 Å². The van der Waals surface area contributed by atoms with Crippen molar-refractivity contribution in [1.82, 2.24) is 9.78 Å². The Morgan fingerprint density at radius 3 is 2.57 bits per heavy atom. The summed E-state index contributed by atoms with van der Waals surface area (Å²) in [6.07, 6.45) is 1.71. The van der Waals surface area contributed by atoms with Crippen LogP contribution < -0.4 is 14.8 Å². The van der Waals surface area contributed by atoms with Gasteiger partial charge in [0.15, 0.2) is 23.8 Å². The number of esters is 1. The van der Waals surface area contributed by atoms with Crippen molar-refractivity contribution in [2.24, 2.45) is 0 Å². The lowest BCUT2D eigenvalue weighted by molar-refractivity contribution is -0.119. The van der Waals surface area contributed by atoms with E-state index in [-0.39, 0.29) is 5.69 Å². The van der Waals surface area contributed by atoms with Gasteiger partial charge in [0.05, 0.1) is 25.5 Å². The van der Waals surface area contributed by atoms with E-state index in [2.05, 4.69) is 10.4 Å². The number of aromatic nitrogens is 2. The number of anilines is 1. The maximum Gasteiger partial charge on any atom is 0.360 e.